The summed E-state index contributed by atoms with van der Waals surface area (Å²) in [5.74, 6) is -8.27. The monoisotopic (exact) mass is 685 g/mol. The first-order valence-corrected chi connectivity index (χ1v) is 13.4. The number of aliphatic carboxylic acids is 3. The second kappa shape index (κ2) is 17.3. The van der Waals surface area contributed by atoms with Crippen molar-refractivity contribution in [2.45, 2.75) is 38.0 Å². The number of alkyl halides is 9. The van der Waals surface area contributed by atoms with Gasteiger partial charge in [0.25, 0.3) is 0 Å². The molecule has 0 aromatic carbocycles. The third kappa shape index (κ3) is 15.9. The van der Waals surface area contributed by atoms with Crippen LogP contribution in [0.1, 0.15) is 16.9 Å². The quantitative estimate of drug-likeness (QED) is 0.386. The number of halogens is 9. The molecule has 20 heteroatoms. The fraction of sp³-hybridized carbons (Fsp3) is 0.520. The molecule has 1 unspecified atom stereocenters. The molecule has 2 aliphatic heterocycles. The summed E-state index contributed by atoms with van der Waals surface area (Å²) in [6, 6.07) is 8.59. The molecule has 2 aliphatic rings. The fourth-order valence-corrected chi connectivity index (χ4v) is 4.74. The molecule has 2 fully saturated rings. The number of hydrogen-bond acceptors (Lipinski definition) is 8. The van der Waals surface area contributed by atoms with Crippen LogP contribution >= 0.6 is 11.3 Å². The van der Waals surface area contributed by atoms with E-state index in [1.54, 1.807) is 0 Å². The van der Waals surface area contributed by atoms with Crippen molar-refractivity contribution in [3.8, 4) is 0 Å². The van der Waals surface area contributed by atoms with Gasteiger partial charge in [-0.1, -0.05) is 12.1 Å². The number of carboxylic acid groups (broad SMARTS) is 3. The van der Waals surface area contributed by atoms with E-state index in [1.807, 2.05) is 29.8 Å². The highest BCUT2D eigenvalue weighted by Crippen LogP contribution is 2.35. The first-order chi connectivity index (χ1) is 20.6. The van der Waals surface area contributed by atoms with E-state index in [1.165, 1.54) is 23.4 Å². The van der Waals surface area contributed by atoms with E-state index in [2.05, 4.69) is 38.4 Å². The molecule has 1 atom stereocenters. The molecule has 2 aromatic rings. The lowest BCUT2D eigenvalue weighted by atomic mass is 9.87. The van der Waals surface area contributed by atoms with Crippen molar-refractivity contribution in [2.75, 3.05) is 39.4 Å². The lowest BCUT2D eigenvalue weighted by molar-refractivity contribution is -0.193. The van der Waals surface area contributed by atoms with Crippen LogP contribution < -0.4 is 0 Å². The van der Waals surface area contributed by atoms with Crippen LogP contribution in [0.2, 0.25) is 0 Å². The molecule has 2 aromatic heterocycles. The minimum Gasteiger partial charge on any atom is -0.475 e. The average Bonchev–Trinajstić information content (AvgIpc) is 3.52. The van der Waals surface area contributed by atoms with Crippen LogP contribution in [-0.4, -0.2) is 106 Å². The minimum absolute atomic E-state index is 0.288. The maximum Gasteiger partial charge on any atom is 0.490 e. The molecular weight excluding hydrogens is 657 g/mol. The minimum atomic E-state index is -5.08. The summed E-state index contributed by atoms with van der Waals surface area (Å²) in [7, 11) is 0. The maximum absolute atomic E-state index is 10.6. The fourth-order valence-electron chi connectivity index (χ4n) is 4.00. The number of ether oxygens (including phenoxy) is 1. The molecule has 10 nitrogen and oxygen atoms in total. The Bertz CT molecular complexity index is 1140. The molecule has 45 heavy (non-hydrogen) atoms. The van der Waals surface area contributed by atoms with Crippen LogP contribution in [0.15, 0.2) is 42.0 Å². The molecule has 2 saturated heterocycles. The van der Waals surface area contributed by atoms with Crippen LogP contribution in [0.5, 0.6) is 0 Å². The van der Waals surface area contributed by atoms with Gasteiger partial charge in [-0.15, -0.1) is 11.3 Å². The SMILES string of the molecule is O=C(O)C(F)(F)F.O=C(O)C(F)(F)F.O=C(O)C(F)(F)F.c1cncc(CN2CCOCC3(CCN(Cc4cccs4)C3)C2)c1. The number of thiophene rings is 1. The first kappa shape index (κ1) is 39.5. The Morgan fingerprint density at radius 3 is 1.76 bits per heavy atom. The zero-order valence-electron chi connectivity index (χ0n) is 23.0. The Balaban J connectivity index is 0.000000396. The van der Waals surface area contributed by atoms with Gasteiger partial charge in [-0.3, -0.25) is 14.8 Å². The van der Waals surface area contributed by atoms with Gasteiger partial charge in [-0.05, 0) is 36.0 Å². The van der Waals surface area contributed by atoms with Crippen LogP contribution in [0.25, 0.3) is 0 Å². The van der Waals surface area contributed by atoms with Crippen LogP contribution in [0.4, 0.5) is 39.5 Å². The van der Waals surface area contributed by atoms with Gasteiger partial charge in [0.2, 0.25) is 0 Å². The molecular formula is C25H28F9N3O7S. The number of carbonyl (C=O) groups is 3. The molecule has 4 rings (SSSR count). The second-order valence-corrected chi connectivity index (χ2v) is 10.6. The first-order valence-electron chi connectivity index (χ1n) is 12.5. The van der Waals surface area contributed by atoms with E-state index in [0.29, 0.717) is 0 Å². The smallest absolute Gasteiger partial charge is 0.475 e. The summed E-state index contributed by atoms with van der Waals surface area (Å²) < 4.78 is 101. The summed E-state index contributed by atoms with van der Waals surface area (Å²) in [5, 5.41) is 23.5. The Hall–Kier alpha value is -3.49. The highest BCUT2D eigenvalue weighted by Gasteiger charge is 2.41. The van der Waals surface area contributed by atoms with Gasteiger partial charge in [-0.25, -0.2) is 14.4 Å². The zero-order valence-corrected chi connectivity index (χ0v) is 23.8. The number of carboxylic acids is 3. The Morgan fingerprint density at radius 2 is 1.33 bits per heavy atom. The van der Waals surface area contributed by atoms with E-state index in [-0.39, 0.29) is 5.41 Å². The Labute approximate surface area is 253 Å². The van der Waals surface area contributed by atoms with Crippen molar-refractivity contribution in [1.82, 2.24) is 14.8 Å². The molecule has 0 amide bonds. The van der Waals surface area contributed by atoms with E-state index in [9.17, 15) is 39.5 Å². The topological polar surface area (TPSA) is 140 Å². The van der Waals surface area contributed by atoms with Crippen LogP contribution in [0, 0.1) is 5.41 Å². The number of likely N-dealkylation sites (tertiary alicyclic amines) is 1. The van der Waals surface area contributed by atoms with Gasteiger partial charge < -0.3 is 20.1 Å². The zero-order chi connectivity index (χ0) is 34.5. The number of hydrogen-bond donors (Lipinski definition) is 3. The van der Waals surface area contributed by atoms with Crippen molar-refractivity contribution in [3.05, 3.63) is 52.5 Å². The molecule has 0 radical (unpaired) electrons. The third-order valence-electron chi connectivity index (χ3n) is 5.85. The summed E-state index contributed by atoms with van der Waals surface area (Å²) in [5.41, 5.74) is 1.58. The molecule has 0 aliphatic carbocycles. The lowest BCUT2D eigenvalue weighted by Gasteiger charge is -2.32. The van der Waals surface area contributed by atoms with Gasteiger partial charge >= 0.3 is 36.4 Å². The van der Waals surface area contributed by atoms with Gasteiger partial charge in [0.1, 0.15) is 0 Å². The molecule has 1 spiro atoms. The third-order valence-corrected chi connectivity index (χ3v) is 6.71. The van der Waals surface area contributed by atoms with E-state index >= 15 is 0 Å². The number of aromatic nitrogens is 1. The molecule has 4 heterocycles. The summed E-state index contributed by atoms with van der Waals surface area (Å²) >= 11 is 1.86. The van der Waals surface area contributed by atoms with Gasteiger partial charge in [-0.2, -0.15) is 39.5 Å². The second-order valence-electron chi connectivity index (χ2n) is 9.57. The van der Waals surface area contributed by atoms with Crippen molar-refractivity contribution >= 4 is 29.2 Å². The number of rotatable bonds is 4. The van der Waals surface area contributed by atoms with E-state index in [4.69, 9.17) is 34.4 Å². The van der Waals surface area contributed by atoms with Gasteiger partial charge in [0.05, 0.1) is 13.2 Å². The average molecular weight is 686 g/mol. The summed E-state index contributed by atoms with van der Waals surface area (Å²) in [6.07, 6.45) is -10.2. The normalized spacial score (nSPS) is 19.1. The molecule has 3 N–H and O–H groups in total. The van der Waals surface area contributed by atoms with Gasteiger partial charge in [0, 0.05) is 55.4 Å². The summed E-state index contributed by atoms with van der Waals surface area (Å²) in [6.45, 7) is 8.27. The highest BCUT2D eigenvalue weighted by atomic mass is 32.1. The maximum atomic E-state index is 10.6. The molecule has 0 saturated carbocycles. The van der Waals surface area contributed by atoms with Crippen molar-refractivity contribution in [1.29, 1.82) is 0 Å². The predicted octanol–water partition coefficient (Wildman–Crippen LogP) is 4.77. The molecule has 254 valence electrons. The predicted molar refractivity (Wildman–Crippen MR) is 138 cm³/mol. The summed E-state index contributed by atoms with van der Waals surface area (Å²) in [4.78, 5) is 37.6. The standard InChI is InChI=1S/C19H25N3OS.3C2HF3O2/c1-3-17(11-20-6-1)12-22-8-9-23-16-19(15-22)5-7-21(14-19)13-18-4-2-10-24-18;3*3-2(4,5)1(6)7/h1-4,6,10-11H,5,7-9,12-16H2;3*(H,6,7). The van der Waals surface area contributed by atoms with Crippen molar-refractivity contribution in [3.63, 3.8) is 0 Å². The Kier molecular flexibility index (Phi) is 15.2. The van der Waals surface area contributed by atoms with Crippen molar-refractivity contribution in [2.24, 2.45) is 5.41 Å². The van der Waals surface area contributed by atoms with Crippen molar-refractivity contribution < 1.29 is 74.0 Å². The largest absolute Gasteiger partial charge is 0.490 e. The molecule has 0 bridgehead atoms. The van der Waals surface area contributed by atoms with E-state index in [0.717, 1.165) is 45.9 Å². The van der Waals surface area contributed by atoms with Gasteiger partial charge in [0.15, 0.2) is 0 Å². The highest BCUT2D eigenvalue weighted by molar-refractivity contribution is 7.09. The van der Waals surface area contributed by atoms with E-state index < -0.39 is 36.4 Å². The number of nitrogens with zero attached hydrogens (tertiary/aromatic N) is 3. The lowest BCUT2D eigenvalue weighted by Crippen LogP contribution is -2.40. The Morgan fingerprint density at radius 1 is 0.822 bits per heavy atom. The van der Waals surface area contributed by atoms with Crippen LogP contribution in [-0.2, 0) is 32.2 Å². The number of pyridine rings is 1. The van der Waals surface area contributed by atoms with Crippen LogP contribution in [0.3, 0.4) is 0 Å².